The Morgan fingerprint density at radius 2 is 2.06 bits per heavy atom. The molecule has 0 aliphatic heterocycles. The molecule has 0 aliphatic rings. The van der Waals surface area contributed by atoms with Crippen LogP contribution < -0.4 is 0 Å². The Bertz CT molecular complexity index is 576. The van der Waals surface area contributed by atoms with Crippen molar-refractivity contribution in [1.29, 1.82) is 0 Å². The predicted octanol–water partition coefficient (Wildman–Crippen LogP) is 3.00. The summed E-state index contributed by atoms with van der Waals surface area (Å²) in [6.45, 7) is 6.50. The van der Waals surface area contributed by atoms with Crippen molar-refractivity contribution >= 4 is 17.3 Å². The number of nitrogens with zero attached hydrogens (tertiary/aromatic N) is 2. The highest BCUT2D eigenvalue weighted by molar-refractivity contribution is 5.77. The van der Waals surface area contributed by atoms with Gasteiger partial charge in [0, 0.05) is 18.9 Å². The van der Waals surface area contributed by atoms with Crippen LogP contribution >= 0.6 is 0 Å². The molecule has 0 amide bonds. The minimum atomic E-state index is 0.0384. The van der Waals surface area contributed by atoms with Gasteiger partial charge in [-0.05, 0) is 24.1 Å². The molecule has 0 saturated heterocycles. The highest BCUT2D eigenvalue weighted by atomic mass is 16.1. The van der Waals surface area contributed by atoms with Crippen LogP contribution in [0.4, 0.5) is 0 Å². The topological polar surface area (TPSA) is 34.9 Å². The molecule has 0 radical (unpaired) electrons. The molecule has 0 N–H and O–H groups in total. The summed E-state index contributed by atoms with van der Waals surface area (Å²) in [4.78, 5) is 15.1. The highest BCUT2D eigenvalue weighted by Gasteiger charge is 2.21. The van der Waals surface area contributed by atoms with Crippen LogP contribution in [0.5, 0.6) is 0 Å². The maximum atomic E-state index is 10.4. The second-order valence-electron chi connectivity index (χ2n) is 5.77. The van der Waals surface area contributed by atoms with Crippen molar-refractivity contribution in [1.82, 2.24) is 9.55 Å². The molecule has 3 nitrogen and oxygen atoms in total. The normalized spacial score (nSPS) is 12.0. The zero-order valence-electron chi connectivity index (χ0n) is 11.5. The van der Waals surface area contributed by atoms with E-state index in [1.807, 2.05) is 0 Å². The summed E-state index contributed by atoms with van der Waals surface area (Å²) < 4.78 is 2.15. The van der Waals surface area contributed by atoms with Crippen LogP contribution in [0.3, 0.4) is 0 Å². The molecule has 2 aromatic rings. The molecule has 0 bridgehead atoms. The molecule has 0 atom stereocenters. The predicted molar refractivity (Wildman–Crippen MR) is 73.8 cm³/mol. The maximum absolute atomic E-state index is 10.4. The summed E-state index contributed by atoms with van der Waals surface area (Å²) in [5.74, 6) is 1.09. The first-order valence-electron chi connectivity index (χ1n) is 6.33. The molecule has 96 valence electrons. The molecule has 1 heterocycles. The third-order valence-electron chi connectivity index (χ3n) is 3.17. The van der Waals surface area contributed by atoms with Gasteiger partial charge in [0.15, 0.2) is 0 Å². The quantitative estimate of drug-likeness (QED) is 0.778. The molecular weight excluding hydrogens is 224 g/mol. The third-order valence-corrected chi connectivity index (χ3v) is 3.17. The van der Waals surface area contributed by atoms with Crippen molar-refractivity contribution in [3.05, 3.63) is 29.6 Å². The van der Waals surface area contributed by atoms with Gasteiger partial charge in [-0.2, -0.15) is 0 Å². The lowest BCUT2D eigenvalue weighted by Gasteiger charge is -2.17. The lowest BCUT2D eigenvalue weighted by Crippen LogP contribution is -2.17. The zero-order chi connectivity index (χ0) is 13.3. The lowest BCUT2D eigenvalue weighted by molar-refractivity contribution is -0.107. The van der Waals surface area contributed by atoms with E-state index in [2.05, 4.69) is 50.6 Å². The van der Waals surface area contributed by atoms with E-state index in [0.717, 1.165) is 29.6 Å². The number of rotatable bonds is 3. The minimum absolute atomic E-state index is 0.0384. The smallest absolute Gasteiger partial charge is 0.120 e. The molecule has 0 unspecified atom stereocenters. The van der Waals surface area contributed by atoms with E-state index >= 15 is 0 Å². The molecule has 2 rings (SSSR count). The van der Waals surface area contributed by atoms with Gasteiger partial charge in [-0.15, -0.1) is 0 Å². The summed E-state index contributed by atoms with van der Waals surface area (Å²) in [7, 11) is 2.06. The van der Waals surface area contributed by atoms with Gasteiger partial charge in [0.25, 0.3) is 0 Å². The Balaban J connectivity index is 2.48. The Labute approximate surface area is 108 Å². The number of aromatic nitrogens is 2. The lowest BCUT2D eigenvalue weighted by atomic mass is 9.96. The van der Waals surface area contributed by atoms with E-state index in [4.69, 9.17) is 4.98 Å². The number of carbonyl (C=O) groups excluding carboxylic acids is 1. The standard InChI is InChI=1S/C15H20N2O/c1-15(2,3)14-16-12-10-11(6-5-9-18)7-8-13(12)17(14)4/h7-10H,5-6H2,1-4H3. The van der Waals surface area contributed by atoms with Gasteiger partial charge < -0.3 is 9.36 Å². The Morgan fingerprint density at radius 3 is 2.67 bits per heavy atom. The van der Waals surface area contributed by atoms with E-state index in [1.165, 1.54) is 5.56 Å². The van der Waals surface area contributed by atoms with Crippen molar-refractivity contribution in [2.24, 2.45) is 7.05 Å². The first-order chi connectivity index (χ1) is 8.43. The molecule has 0 aliphatic carbocycles. The fourth-order valence-corrected chi connectivity index (χ4v) is 2.30. The average molecular weight is 244 g/mol. The molecule has 3 heteroatoms. The second-order valence-corrected chi connectivity index (χ2v) is 5.77. The number of imidazole rings is 1. The number of aryl methyl sites for hydroxylation is 2. The van der Waals surface area contributed by atoms with Crippen LogP contribution in [0.1, 0.15) is 38.6 Å². The van der Waals surface area contributed by atoms with Crippen LogP contribution in [0.2, 0.25) is 0 Å². The SMILES string of the molecule is Cn1c(C(C)(C)C)nc2cc(CCC=O)ccc21. The largest absolute Gasteiger partial charge is 0.331 e. The number of hydrogen-bond donors (Lipinski definition) is 0. The van der Waals surface area contributed by atoms with Crippen molar-refractivity contribution in [2.75, 3.05) is 0 Å². The van der Waals surface area contributed by atoms with Gasteiger partial charge in [-0.25, -0.2) is 4.98 Å². The monoisotopic (exact) mass is 244 g/mol. The van der Waals surface area contributed by atoms with Crippen molar-refractivity contribution in [2.45, 2.75) is 39.0 Å². The zero-order valence-corrected chi connectivity index (χ0v) is 11.5. The van der Waals surface area contributed by atoms with Gasteiger partial charge in [0.2, 0.25) is 0 Å². The van der Waals surface area contributed by atoms with Crippen molar-refractivity contribution in [3.63, 3.8) is 0 Å². The Morgan fingerprint density at radius 1 is 1.33 bits per heavy atom. The van der Waals surface area contributed by atoms with Crippen LogP contribution in [0.15, 0.2) is 18.2 Å². The van der Waals surface area contributed by atoms with Gasteiger partial charge in [-0.1, -0.05) is 26.8 Å². The molecule has 1 aromatic heterocycles. The van der Waals surface area contributed by atoms with E-state index in [1.54, 1.807) is 0 Å². The molecule has 18 heavy (non-hydrogen) atoms. The molecule has 0 fully saturated rings. The first-order valence-corrected chi connectivity index (χ1v) is 6.33. The molecule has 0 saturated carbocycles. The number of benzene rings is 1. The van der Waals surface area contributed by atoms with Crippen molar-refractivity contribution in [3.8, 4) is 0 Å². The summed E-state index contributed by atoms with van der Waals surface area (Å²) in [6, 6.07) is 6.27. The summed E-state index contributed by atoms with van der Waals surface area (Å²) in [6.07, 6.45) is 2.33. The number of aldehydes is 1. The fraction of sp³-hybridized carbons (Fsp3) is 0.467. The van der Waals surface area contributed by atoms with E-state index in [0.29, 0.717) is 6.42 Å². The Hall–Kier alpha value is -1.64. The van der Waals surface area contributed by atoms with E-state index in [-0.39, 0.29) is 5.41 Å². The van der Waals surface area contributed by atoms with Crippen molar-refractivity contribution < 1.29 is 4.79 Å². The molecular formula is C15H20N2O. The summed E-state index contributed by atoms with van der Waals surface area (Å²) in [5.41, 5.74) is 3.38. The van der Waals surface area contributed by atoms with Gasteiger partial charge in [0.05, 0.1) is 11.0 Å². The van der Waals surface area contributed by atoms with Crippen LogP contribution in [0.25, 0.3) is 11.0 Å². The summed E-state index contributed by atoms with van der Waals surface area (Å²) >= 11 is 0. The van der Waals surface area contributed by atoms with Gasteiger partial charge >= 0.3 is 0 Å². The highest BCUT2D eigenvalue weighted by Crippen LogP contribution is 2.25. The molecule has 1 aromatic carbocycles. The number of fused-ring (bicyclic) bond motifs is 1. The Kier molecular flexibility index (Phi) is 3.24. The molecule has 0 spiro atoms. The third kappa shape index (κ3) is 2.30. The number of hydrogen-bond acceptors (Lipinski definition) is 2. The maximum Gasteiger partial charge on any atom is 0.120 e. The fourth-order valence-electron chi connectivity index (χ4n) is 2.30. The van der Waals surface area contributed by atoms with Gasteiger partial charge in [0.1, 0.15) is 12.1 Å². The number of carbonyl (C=O) groups is 1. The first kappa shape index (κ1) is 12.8. The summed E-state index contributed by atoms with van der Waals surface area (Å²) in [5, 5.41) is 0. The van der Waals surface area contributed by atoms with Crippen LogP contribution in [0, 0.1) is 0 Å². The van der Waals surface area contributed by atoms with Gasteiger partial charge in [-0.3, -0.25) is 0 Å². The second kappa shape index (κ2) is 4.56. The minimum Gasteiger partial charge on any atom is -0.331 e. The van der Waals surface area contributed by atoms with E-state index in [9.17, 15) is 4.79 Å². The van der Waals surface area contributed by atoms with E-state index < -0.39 is 0 Å². The van der Waals surface area contributed by atoms with Crippen LogP contribution in [-0.2, 0) is 23.7 Å². The van der Waals surface area contributed by atoms with Crippen LogP contribution in [-0.4, -0.2) is 15.8 Å². The average Bonchev–Trinajstić information content (AvgIpc) is 2.63.